The fraction of sp³-hybridized carbons (Fsp3) is 0.811. The molecule has 2 aromatic rings. The van der Waals surface area contributed by atoms with Gasteiger partial charge in [-0.25, -0.2) is 4.70 Å². The van der Waals surface area contributed by atoms with Crippen LogP contribution in [0.2, 0.25) is 0 Å². The Morgan fingerprint density at radius 1 is 0.245 bits per heavy atom. The van der Waals surface area contributed by atoms with Gasteiger partial charge in [0.25, 0.3) is 0 Å². The number of benzene rings is 2. The third-order valence-electron chi connectivity index (χ3n) is 21.4. The van der Waals surface area contributed by atoms with Crippen molar-refractivity contribution in [3.8, 4) is 0 Å². The first-order chi connectivity index (χ1) is 47.8. The predicted octanol–water partition coefficient (Wildman–Crippen LogP) is 33.7. The molecule has 0 amide bonds. The summed E-state index contributed by atoms with van der Waals surface area (Å²) in [4.78, 5) is 0. The molecule has 1 heterocycles. The Bertz CT molecular complexity index is 1950. The molecule has 0 fully saturated rings. The van der Waals surface area contributed by atoms with E-state index in [0.717, 1.165) is 88.4 Å². The number of hydrogen-bond donors (Lipinski definition) is 0. The van der Waals surface area contributed by atoms with E-state index >= 15 is 0 Å². The van der Waals surface area contributed by atoms with E-state index in [1.165, 1.54) is 399 Å². The number of aryl methyl sites for hydroxylation is 4. The van der Waals surface area contributed by atoms with Crippen molar-refractivity contribution in [2.24, 2.45) is 0 Å². The standard InChI is InChI=1S/C41H62N2.2C27H55.Ni/c1-8-15-22-33-28-37(29-34(23-16-9-2)39(33)25-18-11-4)41-35(24-17-10-3)30-40(43(41)42)36-26-31(19-12-5)38(21-14-7)32(27-36)20-13-6;2*1-3-5-7-9-11-13-15-17-19-21-23-25-27-26-24-22-20-18-16-14-12-10-8-6-4-2;/h26-30H,8-25H2,1-7H3;2*1,3-27H2,2H3;/q;2*-1;+2. The minimum absolute atomic E-state index is 0. The summed E-state index contributed by atoms with van der Waals surface area (Å²) in [6.45, 7) is 28.5. The van der Waals surface area contributed by atoms with Crippen molar-refractivity contribution in [1.29, 1.82) is 0 Å². The summed E-state index contributed by atoms with van der Waals surface area (Å²) in [5, 5.41) is 0. The normalized spacial score (nSPS) is 12.1. The first-order valence-electron chi connectivity index (χ1n) is 44.6. The third-order valence-corrected chi connectivity index (χ3v) is 21.4. The van der Waals surface area contributed by atoms with Gasteiger partial charge in [-0.15, -0.1) is 0 Å². The Hall–Kier alpha value is -1.99. The quantitative estimate of drug-likeness (QED) is 0.0273. The molecule has 0 saturated carbocycles. The second-order valence-electron chi connectivity index (χ2n) is 30.9. The van der Waals surface area contributed by atoms with E-state index in [1.807, 2.05) is 0 Å². The molecule has 3 rings (SSSR count). The summed E-state index contributed by atoms with van der Waals surface area (Å²) in [7, 11) is 0. The van der Waals surface area contributed by atoms with Crippen molar-refractivity contribution in [3.63, 3.8) is 0 Å². The van der Waals surface area contributed by atoms with Gasteiger partial charge in [-0.1, -0.05) is 415 Å². The van der Waals surface area contributed by atoms with Crippen LogP contribution in [0.5, 0.6) is 0 Å². The Labute approximate surface area is 627 Å². The summed E-state index contributed by atoms with van der Waals surface area (Å²) < 4.78 is 1.57. The number of rotatable bonds is 68. The van der Waals surface area contributed by atoms with Gasteiger partial charge in [0, 0.05) is 22.8 Å². The van der Waals surface area contributed by atoms with Crippen LogP contribution in [0.15, 0.2) is 35.9 Å². The second kappa shape index (κ2) is 73.3. The average molecular weight is 1400 g/mol. The summed E-state index contributed by atoms with van der Waals surface area (Å²) in [6, 6.07) is 9.70. The molecule has 0 atom stereocenters. The summed E-state index contributed by atoms with van der Waals surface area (Å²) in [5.41, 5.74) is 26.9. The average Bonchev–Trinajstić information content (AvgIpc) is 1.58. The zero-order valence-electron chi connectivity index (χ0n) is 68.1. The Morgan fingerprint density at radius 2 is 0.469 bits per heavy atom. The molecule has 0 bridgehead atoms. The zero-order valence-corrected chi connectivity index (χ0v) is 69.1. The number of unbranched alkanes of at least 4 members (excludes halogenated alkanes) is 52. The monoisotopic (exact) mass is 1400 g/mol. The number of nitrogens with zero attached hydrogens (tertiary/aromatic N) is 2. The maximum atomic E-state index is 12.1. The molecule has 0 spiro atoms. The predicted molar refractivity (Wildman–Crippen MR) is 442 cm³/mol. The molecular formula is C95H172N2Ni. The molecule has 3 heteroatoms. The van der Waals surface area contributed by atoms with Crippen LogP contribution < -0.4 is 0 Å². The van der Waals surface area contributed by atoms with Crippen LogP contribution in [0.4, 0.5) is 0 Å². The van der Waals surface area contributed by atoms with Crippen molar-refractivity contribution >= 4 is 11.4 Å². The maximum absolute atomic E-state index is 12.1. The molecule has 572 valence electrons. The summed E-state index contributed by atoms with van der Waals surface area (Å²) in [5.74, 6) is 0. The van der Waals surface area contributed by atoms with E-state index in [4.69, 9.17) is 0 Å². The van der Waals surface area contributed by atoms with Gasteiger partial charge in [-0.05, 0) is 128 Å². The largest absolute Gasteiger partial charge is 2.00 e. The third kappa shape index (κ3) is 50.4. The molecular weight excluding hydrogens is 1230 g/mol. The minimum atomic E-state index is 0. The Kier molecular flexibility index (Phi) is 71.8. The molecule has 1 aliphatic rings. The Balaban J connectivity index is 0.00000150. The van der Waals surface area contributed by atoms with E-state index < -0.39 is 0 Å². The second-order valence-corrected chi connectivity index (χ2v) is 30.9. The van der Waals surface area contributed by atoms with Crippen molar-refractivity contribution in [3.05, 3.63) is 99.8 Å². The topological polar surface area (TPSA) is 25.3 Å². The van der Waals surface area contributed by atoms with Crippen LogP contribution in [-0.4, -0.2) is 4.70 Å². The summed E-state index contributed by atoms with van der Waals surface area (Å²) >= 11 is 0. The van der Waals surface area contributed by atoms with Crippen molar-refractivity contribution in [1.82, 2.24) is 0 Å². The number of hydrogen-bond acceptors (Lipinski definition) is 0. The fourth-order valence-electron chi connectivity index (χ4n) is 15.2. The van der Waals surface area contributed by atoms with E-state index in [-0.39, 0.29) is 16.5 Å². The molecule has 2 nitrogen and oxygen atoms in total. The molecule has 98 heavy (non-hydrogen) atoms. The zero-order chi connectivity index (χ0) is 70.5. The fourth-order valence-corrected chi connectivity index (χ4v) is 15.2. The first kappa shape index (κ1) is 96.0. The molecule has 0 saturated heterocycles. The van der Waals surface area contributed by atoms with E-state index in [1.54, 1.807) is 15.8 Å². The van der Waals surface area contributed by atoms with Gasteiger partial charge in [-0.2, -0.15) is 12.8 Å². The number of allylic oxidation sites excluding steroid dienone is 2. The van der Waals surface area contributed by atoms with Crippen LogP contribution in [0, 0.1) is 13.8 Å². The van der Waals surface area contributed by atoms with Crippen molar-refractivity contribution < 1.29 is 21.2 Å². The van der Waals surface area contributed by atoms with Gasteiger partial charge < -0.3 is 19.4 Å². The SMILES string of the molecule is CCCCC1=C(c2cc(CCCC)c(CCCC)c(CCCC)c2)[N+](=[N-])C(c2cc(CCC)c(CCC)c(CCC)c2)=C1.[CH2-]CCCCCCCCCCCCCCCCCCCCCCCCCC.[CH2-]CCCCCCCCCCCCCCCCCCCCCCCCCC.[Ni+2]. The van der Waals surface area contributed by atoms with Gasteiger partial charge in [0.1, 0.15) is 0 Å². The first-order valence-corrected chi connectivity index (χ1v) is 44.6. The molecule has 0 aliphatic carbocycles. The Morgan fingerprint density at radius 3 is 0.735 bits per heavy atom. The minimum Gasteiger partial charge on any atom is -0.493 e. The molecule has 1 aliphatic heterocycles. The van der Waals surface area contributed by atoms with E-state index in [9.17, 15) is 5.53 Å². The molecule has 0 aromatic heterocycles. The van der Waals surface area contributed by atoms with Crippen molar-refractivity contribution in [2.75, 3.05) is 0 Å². The van der Waals surface area contributed by atoms with E-state index in [0.29, 0.717) is 0 Å². The van der Waals surface area contributed by atoms with Crippen LogP contribution in [0.1, 0.15) is 505 Å². The van der Waals surface area contributed by atoms with Gasteiger partial charge in [0.2, 0.25) is 11.4 Å². The van der Waals surface area contributed by atoms with E-state index in [2.05, 4.69) is 107 Å². The van der Waals surface area contributed by atoms with Crippen LogP contribution in [0.25, 0.3) is 16.9 Å². The van der Waals surface area contributed by atoms with Gasteiger partial charge in [0.15, 0.2) is 0 Å². The maximum Gasteiger partial charge on any atom is 2.00 e. The van der Waals surface area contributed by atoms with Crippen LogP contribution in [0.3, 0.4) is 0 Å². The molecule has 0 radical (unpaired) electrons. The van der Waals surface area contributed by atoms with Crippen LogP contribution >= 0.6 is 0 Å². The van der Waals surface area contributed by atoms with Gasteiger partial charge >= 0.3 is 16.5 Å². The van der Waals surface area contributed by atoms with Gasteiger partial charge in [0.05, 0.1) is 0 Å². The van der Waals surface area contributed by atoms with Crippen LogP contribution in [-0.2, 0) is 55.0 Å². The van der Waals surface area contributed by atoms with Gasteiger partial charge in [-0.3, -0.25) is 0 Å². The molecule has 2 aromatic carbocycles. The summed E-state index contributed by atoms with van der Waals surface area (Å²) in [6.07, 6.45) is 95.7. The molecule has 0 unspecified atom stereocenters. The smallest absolute Gasteiger partial charge is 0.493 e. The van der Waals surface area contributed by atoms with Crippen molar-refractivity contribution in [2.45, 2.75) is 499 Å². The molecule has 0 N–H and O–H groups in total.